The van der Waals surface area contributed by atoms with Crippen molar-refractivity contribution in [2.45, 2.75) is 51.7 Å². The molecule has 0 N–H and O–H groups in total. The zero-order valence-corrected chi connectivity index (χ0v) is 14.3. The van der Waals surface area contributed by atoms with Crippen LogP contribution < -0.4 is 0 Å². The van der Waals surface area contributed by atoms with Gasteiger partial charge in [0.05, 0.1) is 24.8 Å². The Labute approximate surface area is 134 Å². The normalized spacial score (nSPS) is 24.0. The first-order valence-electron chi connectivity index (χ1n) is 7.06. The van der Waals surface area contributed by atoms with Crippen molar-refractivity contribution in [2.75, 3.05) is 12.9 Å². The van der Waals surface area contributed by atoms with Crippen molar-refractivity contribution in [1.29, 1.82) is 0 Å². The van der Waals surface area contributed by atoms with Gasteiger partial charge < -0.3 is 9.47 Å². The van der Waals surface area contributed by atoms with Crippen molar-refractivity contribution >= 4 is 29.6 Å². The number of hydrogen-bond acceptors (Lipinski definition) is 6. The first-order chi connectivity index (χ1) is 10.1. The first-order valence-corrected chi connectivity index (χ1v) is 8.05. The summed E-state index contributed by atoms with van der Waals surface area (Å²) in [6.45, 7) is 7.26. The van der Waals surface area contributed by atoms with Gasteiger partial charge >= 0.3 is 11.9 Å². The van der Waals surface area contributed by atoms with E-state index in [-0.39, 0.29) is 28.9 Å². The van der Waals surface area contributed by atoms with Crippen LogP contribution >= 0.6 is 11.8 Å². The number of carbonyl (C=O) groups excluding carboxylic acids is 3. The van der Waals surface area contributed by atoms with Gasteiger partial charge in [0.1, 0.15) is 11.3 Å². The van der Waals surface area contributed by atoms with Crippen LogP contribution in [0.4, 0.5) is 0 Å². The molecule has 0 aromatic carbocycles. The Morgan fingerprint density at radius 3 is 2.45 bits per heavy atom. The smallest absolute Gasteiger partial charge is 0.356 e. The number of carbonyl (C=O) groups is 3. The number of ether oxygens (including phenoxy) is 2. The van der Waals surface area contributed by atoms with Gasteiger partial charge in [-0.15, -0.1) is 11.8 Å². The van der Waals surface area contributed by atoms with E-state index in [2.05, 4.69) is 4.74 Å². The fraction of sp³-hybridized carbons (Fsp3) is 0.667. The third-order valence-corrected chi connectivity index (χ3v) is 4.60. The van der Waals surface area contributed by atoms with Crippen LogP contribution in [0.15, 0.2) is 10.6 Å². The van der Waals surface area contributed by atoms with Crippen LogP contribution in [-0.2, 0) is 23.9 Å². The molecule has 0 radical (unpaired) electrons. The molecule has 0 aliphatic carbocycles. The van der Waals surface area contributed by atoms with E-state index >= 15 is 0 Å². The van der Waals surface area contributed by atoms with Gasteiger partial charge in [-0.1, -0.05) is 0 Å². The van der Waals surface area contributed by atoms with E-state index in [1.54, 1.807) is 20.8 Å². The van der Waals surface area contributed by atoms with Crippen LogP contribution in [0.1, 0.15) is 40.5 Å². The SMILES string of the molecule is COC(=O)CSC1=C(C(=O)OC(C)(C)C)N2C(=O)CC2(C)C1. The van der Waals surface area contributed by atoms with Gasteiger partial charge in [-0.3, -0.25) is 14.5 Å². The molecule has 6 nitrogen and oxygen atoms in total. The molecule has 1 unspecified atom stereocenters. The van der Waals surface area contributed by atoms with E-state index in [0.717, 1.165) is 0 Å². The molecule has 0 aromatic rings. The number of β-lactam (4-membered cyclic amide) rings is 1. The van der Waals surface area contributed by atoms with Crippen molar-refractivity contribution in [3.8, 4) is 0 Å². The summed E-state index contributed by atoms with van der Waals surface area (Å²) in [5, 5.41) is 0. The lowest BCUT2D eigenvalue weighted by molar-refractivity contribution is -0.161. The molecule has 2 aliphatic rings. The molecule has 1 amide bonds. The number of esters is 2. The summed E-state index contributed by atoms with van der Waals surface area (Å²) in [6.07, 6.45) is 0.969. The summed E-state index contributed by atoms with van der Waals surface area (Å²) >= 11 is 1.24. The Balaban J connectivity index is 2.25. The Hall–Kier alpha value is -1.50. The van der Waals surface area contributed by atoms with Gasteiger partial charge in [-0.2, -0.15) is 0 Å². The van der Waals surface area contributed by atoms with Crippen molar-refractivity contribution in [1.82, 2.24) is 4.90 Å². The number of fused-ring (bicyclic) bond motifs is 1. The molecule has 2 aliphatic heterocycles. The van der Waals surface area contributed by atoms with Crippen LogP contribution in [-0.4, -0.2) is 46.7 Å². The molecule has 22 heavy (non-hydrogen) atoms. The number of rotatable bonds is 4. The summed E-state index contributed by atoms with van der Waals surface area (Å²) < 4.78 is 10.0. The Morgan fingerprint density at radius 2 is 1.95 bits per heavy atom. The number of thioether (sulfide) groups is 1. The lowest BCUT2D eigenvalue weighted by Gasteiger charge is -2.45. The van der Waals surface area contributed by atoms with Crippen LogP contribution in [0.3, 0.4) is 0 Å². The van der Waals surface area contributed by atoms with Crippen molar-refractivity contribution in [2.24, 2.45) is 0 Å². The Bertz CT molecular complexity index is 563. The molecule has 2 rings (SSSR count). The van der Waals surface area contributed by atoms with E-state index < -0.39 is 11.6 Å². The second-order valence-electron chi connectivity index (χ2n) is 6.72. The van der Waals surface area contributed by atoms with Crippen LogP contribution in [0, 0.1) is 0 Å². The predicted molar refractivity (Wildman–Crippen MR) is 81.8 cm³/mol. The Morgan fingerprint density at radius 1 is 1.32 bits per heavy atom. The number of methoxy groups -OCH3 is 1. The highest BCUT2D eigenvalue weighted by Gasteiger charge is 2.56. The van der Waals surface area contributed by atoms with E-state index in [4.69, 9.17) is 4.74 Å². The van der Waals surface area contributed by atoms with Crippen LogP contribution in [0.2, 0.25) is 0 Å². The second kappa shape index (κ2) is 5.61. The lowest BCUT2D eigenvalue weighted by atomic mass is 9.86. The topological polar surface area (TPSA) is 72.9 Å². The third kappa shape index (κ3) is 3.14. The largest absolute Gasteiger partial charge is 0.468 e. The highest BCUT2D eigenvalue weighted by atomic mass is 32.2. The molecule has 0 bridgehead atoms. The average Bonchev–Trinajstić information content (AvgIpc) is 2.61. The lowest BCUT2D eigenvalue weighted by Crippen LogP contribution is -2.59. The molecule has 122 valence electrons. The minimum absolute atomic E-state index is 0.0861. The van der Waals surface area contributed by atoms with Crippen molar-refractivity contribution in [3.05, 3.63) is 10.6 Å². The fourth-order valence-electron chi connectivity index (χ4n) is 2.64. The summed E-state index contributed by atoms with van der Waals surface area (Å²) in [6, 6.07) is 0. The summed E-state index contributed by atoms with van der Waals surface area (Å²) in [7, 11) is 1.32. The standard InChI is InChI=1S/C15H21NO5S/c1-14(2,3)21-13(19)12-9(22-8-11(18)20-5)6-15(4)7-10(17)16(12)15/h6-8H2,1-5H3. The maximum Gasteiger partial charge on any atom is 0.356 e. The molecular formula is C15H21NO5S. The second-order valence-corrected chi connectivity index (χ2v) is 7.79. The molecule has 7 heteroatoms. The van der Waals surface area contributed by atoms with E-state index in [0.29, 0.717) is 17.7 Å². The fourth-order valence-corrected chi connectivity index (χ4v) is 3.77. The first kappa shape index (κ1) is 16.9. The molecule has 0 saturated carbocycles. The van der Waals surface area contributed by atoms with Crippen molar-refractivity contribution in [3.63, 3.8) is 0 Å². The molecule has 0 spiro atoms. The maximum absolute atomic E-state index is 12.5. The van der Waals surface area contributed by atoms with Crippen molar-refractivity contribution < 1.29 is 23.9 Å². The zero-order chi connectivity index (χ0) is 16.7. The highest BCUT2D eigenvalue weighted by molar-refractivity contribution is 8.03. The third-order valence-electron chi connectivity index (χ3n) is 3.53. The van der Waals surface area contributed by atoms with Crippen LogP contribution in [0.5, 0.6) is 0 Å². The highest BCUT2D eigenvalue weighted by Crippen LogP contribution is 2.50. The van der Waals surface area contributed by atoms with Crippen LogP contribution in [0.25, 0.3) is 0 Å². The van der Waals surface area contributed by atoms with Gasteiger partial charge in [0.25, 0.3) is 0 Å². The number of hydrogen-bond donors (Lipinski definition) is 0. The maximum atomic E-state index is 12.5. The van der Waals surface area contributed by atoms with E-state index in [1.165, 1.54) is 23.8 Å². The van der Waals surface area contributed by atoms with E-state index in [9.17, 15) is 14.4 Å². The molecule has 1 atom stereocenters. The molecule has 1 fully saturated rings. The predicted octanol–water partition coefficient (Wildman–Crippen LogP) is 1.84. The van der Waals surface area contributed by atoms with Gasteiger partial charge in [0.15, 0.2) is 0 Å². The summed E-state index contributed by atoms with van der Waals surface area (Å²) in [5.41, 5.74) is -0.737. The average molecular weight is 327 g/mol. The van der Waals surface area contributed by atoms with Gasteiger partial charge in [0, 0.05) is 11.3 Å². The monoisotopic (exact) mass is 327 g/mol. The molecule has 2 heterocycles. The quantitative estimate of drug-likeness (QED) is 0.579. The number of amides is 1. The molecule has 0 aromatic heterocycles. The zero-order valence-electron chi connectivity index (χ0n) is 13.5. The minimum Gasteiger partial charge on any atom is -0.468 e. The van der Waals surface area contributed by atoms with Gasteiger partial charge in [0.2, 0.25) is 5.91 Å². The molecule has 1 saturated heterocycles. The van der Waals surface area contributed by atoms with E-state index in [1.807, 2.05) is 6.92 Å². The minimum atomic E-state index is -0.644. The van der Waals surface area contributed by atoms with Gasteiger partial charge in [-0.05, 0) is 27.7 Å². The summed E-state index contributed by atoms with van der Waals surface area (Å²) in [5.74, 6) is -0.864. The Kier molecular flexibility index (Phi) is 4.30. The van der Waals surface area contributed by atoms with Gasteiger partial charge in [-0.25, -0.2) is 4.79 Å². The number of nitrogens with zero attached hydrogens (tertiary/aromatic N) is 1. The molecular weight excluding hydrogens is 306 g/mol. The summed E-state index contributed by atoms with van der Waals surface area (Å²) in [4.78, 5) is 37.9.